The molecule has 0 aliphatic heterocycles. The maximum Gasteiger partial charge on any atom is 0.251 e. The molecule has 0 saturated heterocycles. The number of rotatable bonds is 5. The van der Waals surface area contributed by atoms with Gasteiger partial charge in [-0.25, -0.2) is 0 Å². The van der Waals surface area contributed by atoms with Crippen molar-refractivity contribution in [3.05, 3.63) is 29.8 Å². The topological polar surface area (TPSA) is 58.6 Å². The number of benzene rings is 1. The summed E-state index contributed by atoms with van der Waals surface area (Å²) in [5, 5.41) is 12.0. The molecular formula is C14H19NO3. The van der Waals surface area contributed by atoms with Gasteiger partial charge >= 0.3 is 0 Å². The van der Waals surface area contributed by atoms with E-state index in [0.717, 1.165) is 12.8 Å². The maximum absolute atomic E-state index is 11.7. The average Bonchev–Trinajstić information content (AvgIpc) is 2.87. The first-order valence-electron chi connectivity index (χ1n) is 6.44. The van der Waals surface area contributed by atoms with Crippen molar-refractivity contribution >= 4 is 5.91 Å². The van der Waals surface area contributed by atoms with E-state index in [1.54, 1.807) is 18.2 Å². The van der Waals surface area contributed by atoms with Gasteiger partial charge in [0.05, 0.1) is 12.7 Å². The Balaban J connectivity index is 1.68. The number of phenols is 1. The van der Waals surface area contributed by atoms with Crippen LogP contribution in [0.1, 0.15) is 36.0 Å². The quantitative estimate of drug-likeness (QED) is 0.785. The van der Waals surface area contributed by atoms with Gasteiger partial charge in [0.1, 0.15) is 5.75 Å². The van der Waals surface area contributed by atoms with Gasteiger partial charge in [-0.15, -0.1) is 0 Å². The Morgan fingerprint density at radius 3 is 2.89 bits per heavy atom. The fourth-order valence-corrected chi connectivity index (χ4v) is 2.19. The summed E-state index contributed by atoms with van der Waals surface area (Å²) in [4.78, 5) is 11.7. The van der Waals surface area contributed by atoms with Crippen LogP contribution in [-0.2, 0) is 4.74 Å². The van der Waals surface area contributed by atoms with Gasteiger partial charge in [0.2, 0.25) is 0 Å². The van der Waals surface area contributed by atoms with E-state index in [4.69, 9.17) is 4.74 Å². The highest BCUT2D eigenvalue weighted by Crippen LogP contribution is 2.20. The van der Waals surface area contributed by atoms with Crippen LogP contribution in [-0.4, -0.2) is 30.3 Å². The summed E-state index contributed by atoms with van der Waals surface area (Å²) in [5.74, 6) is -0.0780. The number of hydrogen-bond donors (Lipinski definition) is 2. The van der Waals surface area contributed by atoms with Crippen LogP contribution in [0.3, 0.4) is 0 Å². The lowest BCUT2D eigenvalue weighted by Crippen LogP contribution is -2.28. The lowest BCUT2D eigenvalue weighted by Gasteiger charge is -2.11. The van der Waals surface area contributed by atoms with Gasteiger partial charge in [-0.2, -0.15) is 0 Å². The van der Waals surface area contributed by atoms with Gasteiger partial charge in [-0.1, -0.05) is 18.9 Å². The molecule has 1 aliphatic carbocycles. The van der Waals surface area contributed by atoms with Gasteiger partial charge in [-0.05, 0) is 31.0 Å². The molecule has 4 nitrogen and oxygen atoms in total. The van der Waals surface area contributed by atoms with Crippen LogP contribution in [0.2, 0.25) is 0 Å². The molecule has 0 unspecified atom stereocenters. The highest BCUT2D eigenvalue weighted by molar-refractivity contribution is 5.94. The number of amides is 1. The smallest absolute Gasteiger partial charge is 0.251 e. The van der Waals surface area contributed by atoms with E-state index in [-0.39, 0.29) is 11.7 Å². The predicted octanol–water partition coefficient (Wildman–Crippen LogP) is 2.08. The first kappa shape index (κ1) is 12.9. The molecule has 1 aliphatic rings. The van der Waals surface area contributed by atoms with Gasteiger partial charge in [0.25, 0.3) is 5.91 Å². The van der Waals surface area contributed by atoms with Gasteiger partial charge in [0.15, 0.2) is 0 Å². The van der Waals surface area contributed by atoms with Gasteiger partial charge in [-0.3, -0.25) is 4.79 Å². The number of carbonyl (C=O) groups is 1. The molecule has 0 heterocycles. The Morgan fingerprint density at radius 1 is 1.39 bits per heavy atom. The van der Waals surface area contributed by atoms with Crippen molar-refractivity contribution in [3.63, 3.8) is 0 Å². The van der Waals surface area contributed by atoms with Crippen molar-refractivity contribution < 1.29 is 14.6 Å². The van der Waals surface area contributed by atoms with Crippen molar-refractivity contribution in [2.45, 2.75) is 31.8 Å². The molecule has 0 bridgehead atoms. The van der Waals surface area contributed by atoms with Crippen LogP contribution in [0.5, 0.6) is 5.75 Å². The lowest BCUT2D eigenvalue weighted by molar-refractivity contribution is 0.0582. The predicted molar refractivity (Wildman–Crippen MR) is 68.6 cm³/mol. The molecular weight excluding hydrogens is 230 g/mol. The lowest BCUT2D eigenvalue weighted by atomic mass is 10.2. The number of carbonyl (C=O) groups excluding carboxylic acids is 1. The molecule has 0 aromatic heterocycles. The van der Waals surface area contributed by atoms with Crippen LogP contribution >= 0.6 is 0 Å². The first-order chi connectivity index (χ1) is 8.75. The van der Waals surface area contributed by atoms with Crippen molar-refractivity contribution in [2.24, 2.45) is 0 Å². The minimum atomic E-state index is -0.180. The number of hydrogen-bond acceptors (Lipinski definition) is 3. The van der Waals surface area contributed by atoms with Crippen LogP contribution in [0.15, 0.2) is 24.3 Å². The zero-order chi connectivity index (χ0) is 12.8. The SMILES string of the molecule is O=C(NCCOC1CCCC1)c1cccc(O)c1. The maximum atomic E-state index is 11.7. The normalized spacial score (nSPS) is 15.8. The summed E-state index contributed by atoms with van der Waals surface area (Å²) < 4.78 is 5.65. The minimum Gasteiger partial charge on any atom is -0.508 e. The third-order valence-electron chi connectivity index (χ3n) is 3.15. The molecule has 18 heavy (non-hydrogen) atoms. The summed E-state index contributed by atoms with van der Waals surface area (Å²) in [6, 6.07) is 6.32. The van der Waals surface area contributed by atoms with Crippen molar-refractivity contribution in [1.82, 2.24) is 5.32 Å². The van der Waals surface area contributed by atoms with Crippen LogP contribution in [0.4, 0.5) is 0 Å². The van der Waals surface area contributed by atoms with Gasteiger partial charge in [0, 0.05) is 12.1 Å². The monoisotopic (exact) mass is 249 g/mol. The van der Waals surface area contributed by atoms with E-state index in [1.807, 2.05) is 0 Å². The number of nitrogens with one attached hydrogen (secondary N) is 1. The summed E-state index contributed by atoms with van der Waals surface area (Å²) >= 11 is 0. The molecule has 2 rings (SSSR count). The molecule has 0 atom stereocenters. The fraction of sp³-hybridized carbons (Fsp3) is 0.500. The summed E-state index contributed by atoms with van der Waals surface area (Å²) in [6.45, 7) is 1.06. The second-order valence-electron chi connectivity index (χ2n) is 4.58. The summed E-state index contributed by atoms with van der Waals surface area (Å²) in [6.07, 6.45) is 5.16. The Labute approximate surface area is 107 Å². The first-order valence-corrected chi connectivity index (χ1v) is 6.44. The average molecular weight is 249 g/mol. The molecule has 1 saturated carbocycles. The van der Waals surface area contributed by atoms with E-state index in [1.165, 1.54) is 18.9 Å². The molecule has 1 amide bonds. The molecule has 0 spiro atoms. The van der Waals surface area contributed by atoms with Crippen molar-refractivity contribution in [2.75, 3.05) is 13.2 Å². The number of phenolic OH excluding ortho intramolecular Hbond substituents is 1. The molecule has 0 radical (unpaired) electrons. The molecule has 2 N–H and O–H groups in total. The molecule has 1 aromatic carbocycles. The van der Waals surface area contributed by atoms with E-state index in [2.05, 4.69) is 5.32 Å². The summed E-state index contributed by atoms with van der Waals surface area (Å²) in [5.41, 5.74) is 0.468. The van der Waals surface area contributed by atoms with Crippen molar-refractivity contribution in [3.8, 4) is 5.75 Å². The largest absolute Gasteiger partial charge is 0.508 e. The molecule has 98 valence electrons. The highest BCUT2D eigenvalue weighted by atomic mass is 16.5. The Kier molecular flexibility index (Phi) is 4.59. The molecule has 1 aromatic rings. The second kappa shape index (κ2) is 6.40. The minimum absolute atomic E-state index is 0.102. The Morgan fingerprint density at radius 2 is 2.17 bits per heavy atom. The summed E-state index contributed by atoms with van der Waals surface area (Å²) in [7, 11) is 0. The van der Waals surface area contributed by atoms with E-state index in [0.29, 0.717) is 24.8 Å². The number of aromatic hydroxyl groups is 1. The van der Waals surface area contributed by atoms with E-state index >= 15 is 0 Å². The Bertz CT molecular complexity index is 400. The highest BCUT2D eigenvalue weighted by Gasteiger charge is 2.14. The zero-order valence-electron chi connectivity index (χ0n) is 10.4. The van der Waals surface area contributed by atoms with Crippen LogP contribution < -0.4 is 5.32 Å². The van der Waals surface area contributed by atoms with Crippen LogP contribution in [0, 0.1) is 0 Å². The number of ether oxygens (including phenoxy) is 1. The van der Waals surface area contributed by atoms with Crippen molar-refractivity contribution in [1.29, 1.82) is 0 Å². The third kappa shape index (κ3) is 3.74. The van der Waals surface area contributed by atoms with E-state index < -0.39 is 0 Å². The molecule has 4 heteroatoms. The van der Waals surface area contributed by atoms with E-state index in [9.17, 15) is 9.90 Å². The molecule has 1 fully saturated rings. The second-order valence-corrected chi connectivity index (χ2v) is 4.58. The standard InChI is InChI=1S/C14H19NO3/c16-12-5-3-4-11(10-12)14(17)15-8-9-18-13-6-1-2-7-13/h3-5,10,13,16H,1-2,6-9H2,(H,15,17). The Hall–Kier alpha value is -1.55. The zero-order valence-corrected chi connectivity index (χ0v) is 10.4. The third-order valence-corrected chi connectivity index (χ3v) is 3.15. The van der Waals surface area contributed by atoms with Gasteiger partial charge < -0.3 is 15.2 Å². The fourth-order valence-electron chi connectivity index (χ4n) is 2.19. The van der Waals surface area contributed by atoms with Crippen LogP contribution in [0.25, 0.3) is 0 Å².